The maximum absolute atomic E-state index is 11.8. The van der Waals surface area contributed by atoms with Crippen LogP contribution in [0.2, 0.25) is 0 Å². The third kappa shape index (κ3) is 5.11. The van der Waals surface area contributed by atoms with Gasteiger partial charge in [0.1, 0.15) is 5.75 Å². The van der Waals surface area contributed by atoms with Gasteiger partial charge in [0.15, 0.2) is 0 Å². The van der Waals surface area contributed by atoms with Gasteiger partial charge in [0.2, 0.25) is 5.91 Å². The number of amides is 1. The van der Waals surface area contributed by atoms with Gasteiger partial charge in [-0.1, -0.05) is 28.1 Å². The number of halogens is 1. The van der Waals surface area contributed by atoms with E-state index in [1.54, 1.807) is 7.11 Å². The number of nitrogens with one attached hydrogen (secondary N) is 2. The Morgan fingerprint density at radius 2 is 1.90 bits per heavy atom. The normalized spacial score (nSPS) is 10.0. The van der Waals surface area contributed by atoms with Crippen molar-refractivity contribution in [2.24, 2.45) is 0 Å². The van der Waals surface area contributed by atoms with Crippen LogP contribution in [0.25, 0.3) is 0 Å². The van der Waals surface area contributed by atoms with E-state index in [9.17, 15) is 4.79 Å². The number of hydrogen-bond acceptors (Lipinski definition) is 3. The lowest BCUT2D eigenvalue weighted by atomic mass is 10.3. The van der Waals surface area contributed by atoms with E-state index in [1.165, 1.54) is 0 Å². The Hall–Kier alpha value is -2.01. The molecule has 2 N–H and O–H groups in total. The van der Waals surface area contributed by atoms with Gasteiger partial charge >= 0.3 is 0 Å². The average Bonchev–Trinajstić information content (AvgIpc) is 2.47. The molecule has 0 aromatic heterocycles. The summed E-state index contributed by atoms with van der Waals surface area (Å²) in [6.45, 7) is 0.563. The summed E-state index contributed by atoms with van der Waals surface area (Å²) in [7, 11) is 1.63. The van der Waals surface area contributed by atoms with Gasteiger partial charge in [0.25, 0.3) is 0 Å². The van der Waals surface area contributed by atoms with Gasteiger partial charge in [-0.25, -0.2) is 0 Å². The molecule has 1 amide bonds. The lowest BCUT2D eigenvalue weighted by molar-refractivity contribution is -0.115. The van der Waals surface area contributed by atoms with Gasteiger partial charge in [-0.3, -0.25) is 4.79 Å². The van der Waals surface area contributed by atoms with E-state index < -0.39 is 0 Å². The van der Waals surface area contributed by atoms with Crippen molar-refractivity contribution >= 4 is 33.2 Å². The fourth-order valence-electron chi connectivity index (χ4n) is 1.84. The lowest BCUT2D eigenvalue weighted by Crippen LogP contribution is -2.16. The molecule has 0 aliphatic carbocycles. The fraction of sp³-hybridized carbons (Fsp3) is 0.188. The number of benzene rings is 2. The Morgan fingerprint density at radius 3 is 2.67 bits per heavy atom. The van der Waals surface area contributed by atoms with Crippen molar-refractivity contribution < 1.29 is 9.53 Å². The number of hydrogen-bond donors (Lipinski definition) is 2. The smallest absolute Gasteiger partial charge is 0.226 e. The van der Waals surface area contributed by atoms with Crippen molar-refractivity contribution in [3.63, 3.8) is 0 Å². The molecular formula is C16H17BrN2O2. The SMILES string of the molecule is COc1cccc(NCCC(=O)Nc2cccc(Br)c2)c1. The number of rotatable bonds is 6. The number of methoxy groups -OCH3 is 1. The molecule has 0 saturated carbocycles. The summed E-state index contributed by atoms with van der Waals surface area (Å²) in [5, 5.41) is 6.06. The molecule has 0 saturated heterocycles. The molecule has 4 nitrogen and oxygen atoms in total. The van der Waals surface area contributed by atoms with Crippen LogP contribution in [0, 0.1) is 0 Å². The zero-order chi connectivity index (χ0) is 15.1. The standard InChI is InChI=1S/C16H17BrN2O2/c1-21-15-7-3-5-13(11-15)18-9-8-16(20)19-14-6-2-4-12(17)10-14/h2-7,10-11,18H,8-9H2,1H3,(H,19,20). The monoisotopic (exact) mass is 348 g/mol. The van der Waals surface area contributed by atoms with Gasteiger partial charge in [-0.05, 0) is 30.3 Å². The van der Waals surface area contributed by atoms with E-state index in [2.05, 4.69) is 26.6 Å². The van der Waals surface area contributed by atoms with Crippen molar-refractivity contribution in [2.75, 3.05) is 24.3 Å². The predicted molar refractivity (Wildman–Crippen MR) is 88.9 cm³/mol. The first kappa shape index (κ1) is 15.4. The summed E-state index contributed by atoms with van der Waals surface area (Å²) in [5.41, 5.74) is 1.72. The lowest BCUT2D eigenvalue weighted by Gasteiger charge is -2.09. The van der Waals surface area contributed by atoms with Crippen molar-refractivity contribution in [3.05, 3.63) is 53.0 Å². The molecule has 21 heavy (non-hydrogen) atoms. The molecular weight excluding hydrogens is 332 g/mol. The van der Waals surface area contributed by atoms with E-state index in [0.29, 0.717) is 13.0 Å². The van der Waals surface area contributed by atoms with E-state index in [1.807, 2.05) is 48.5 Å². The molecule has 2 aromatic rings. The largest absolute Gasteiger partial charge is 0.497 e. The summed E-state index contributed by atoms with van der Waals surface area (Å²) in [6, 6.07) is 15.1. The van der Waals surface area contributed by atoms with E-state index >= 15 is 0 Å². The third-order valence-corrected chi connectivity index (χ3v) is 3.35. The van der Waals surface area contributed by atoms with E-state index in [-0.39, 0.29) is 5.91 Å². The van der Waals surface area contributed by atoms with Gasteiger partial charge in [0.05, 0.1) is 7.11 Å². The van der Waals surface area contributed by atoms with Crippen LogP contribution in [0.4, 0.5) is 11.4 Å². The summed E-state index contributed by atoms with van der Waals surface area (Å²) in [6.07, 6.45) is 0.393. The van der Waals surface area contributed by atoms with Gasteiger partial charge < -0.3 is 15.4 Å². The van der Waals surface area contributed by atoms with Crippen LogP contribution >= 0.6 is 15.9 Å². The molecule has 0 atom stereocenters. The Bertz CT molecular complexity index is 617. The highest BCUT2D eigenvalue weighted by atomic mass is 79.9. The minimum atomic E-state index is -0.0245. The second-order valence-corrected chi connectivity index (χ2v) is 5.38. The maximum Gasteiger partial charge on any atom is 0.226 e. The first-order valence-electron chi connectivity index (χ1n) is 6.61. The average molecular weight is 349 g/mol. The highest BCUT2D eigenvalue weighted by Crippen LogP contribution is 2.17. The number of carbonyl (C=O) groups is 1. The molecule has 0 fully saturated rings. The van der Waals surface area contributed by atoms with Gasteiger partial charge in [0, 0.05) is 34.9 Å². The number of carbonyl (C=O) groups excluding carboxylic acids is 1. The number of anilines is 2. The molecule has 0 aliphatic heterocycles. The van der Waals surface area contributed by atoms with Crippen LogP contribution in [0.5, 0.6) is 5.75 Å². The zero-order valence-corrected chi connectivity index (χ0v) is 13.3. The molecule has 110 valence electrons. The molecule has 2 rings (SSSR count). The Labute approximate surface area is 132 Å². The quantitative estimate of drug-likeness (QED) is 0.832. The fourth-order valence-corrected chi connectivity index (χ4v) is 2.24. The summed E-state index contributed by atoms with van der Waals surface area (Å²) < 4.78 is 6.09. The Morgan fingerprint density at radius 1 is 1.14 bits per heavy atom. The molecule has 0 radical (unpaired) electrons. The Balaban J connectivity index is 1.79. The molecule has 2 aromatic carbocycles. The zero-order valence-electron chi connectivity index (χ0n) is 11.7. The van der Waals surface area contributed by atoms with E-state index in [4.69, 9.17) is 4.74 Å². The van der Waals surface area contributed by atoms with Crippen LogP contribution in [0.1, 0.15) is 6.42 Å². The van der Waals surface area contributed by atoms with Gasteiger partial charge in [-0.15, -0.1) is 0 Å². The summed E-state index contributed by atoms with van der Waals surface area (Å²) in [4.78, 5) is 11.8. The molecule has 0 unspecified atom stereocenters. The number of ether oxygens (including phenoxy) is 1. The van der Waals surface area contributed by atoms with Crippen molar-refractivity contribution in [1.82, 2.24) is 0 Å². The molecule has 0 spiro atoms. The van der Waals surface area contributed by atoms with Crippen LogP contribution in [-0.4, -0.2) is 19.6 Å². The maximum atomic E-state index is 11.8. The third-order valence-electron chi connectivity index (χ3n) is 2.86. The van der Waals surface area contributed by atoms with Gasteiger partial charge in [-0.2, -0.15) is 0 Å². The van der Waals surface area contributed by atoms with E-state index in [0.717, 1.165) is 21.6 Å². The predicted octanol–water partition coefficient (Wildman–Crippen LogP) is 3.90. The minimum absolute atomic E-state index is 0.0245. The van der Waals surface area contributed by atoms with Crippen LogP contribution in [0.15, 0.2) is 53.0 Å². The minimum Gasteiger partial charge on any atom is -0.497 e. The summed E-state index contributed by atoms with van der Waals surface area (Å²) >= 11 is 3.37. The highest BCUT2D eigenvalue weighted by Gasteiger charge is 2.03. The topological polar surface area (TPSA) is 50.4 Å². The van der Waals surface area contributed by atoms with Crippen LogP contribution in [-0.2, 0) is 4.79 Å². The van der Waals surface area contributed by atoms with Crippen LogP contribution < -0.4 is 15.4 Å². The summed E-state index contributed by atoms with van der Waals surface area (Å²) in [5.74, 6) is 0.766. The second kappa shape index (κ2) is 7.69. The van der Waals surface area contributed by atoms with Crippen LogP contribution in [0.3, 0.4) is 0 Å². The molecule has 0 bridgehead atoms. The Kier molecular flexibility index (Phi) is 5.63. The van der Waals surface area contributed by atoms with Crippen molar-refractivity contribution in [1.29, 1.82) is 0 Å². The first-order valence-corrected chi connectivity index (χ1v) is 7.40. The highest BCUT2D eigenvalue weighted by molar-refractivity contribution is 9.10. The second-order valence-electron chi connectivity index (χ2n) is 4.47. The molecule has 0 aliphatic rings. The molecule has 5 heteroatoms. The molecule has 0 heterocycles. The van der Waals surface area contributed by atoms with Crippen molar-refractivity contribution in [3.8, 4) is 5.75 Å². The van der Waals surface area contributed by atoms with Crippen molar-refractivity contribution in [2.45, 2.75) is 6.42 Å². The first-order chi connectivity index (χ1) is 10.2.